The summed E-state index contributed by atoms with van der Waals surface area (Å²) >= 11 is 3.29. The first kappa shape index (κ1) is 12.6. The minimum Gasteiger partial charge on any atom is -0.398 e. The maximum atomic E-state index is 11.9. The summed E-state index contributed by atoms with van der Waals surface area (Å²) < 4.78 is 5.68. The first-order valence-corrected chi connectivity index (χ1v) is 5.98. The molecule has 2 rings (SSSR count). The van der Waals surface area contributed by atoms with Crippen molar-refractivity contribution in [3.63, 3.8) is 0 Å². The van der Waals surface area contributed by atoms with Crippen molar-refractivity contribution in [1.29, 1.82) is 0 Å². The number of amides is 1. The Balaban J connectivity index is 2.05. The van der Waals surface area contributed by atoms with E-state index in [0.717, 1.165) is 4.47 Å². The standard InChI is InChI=1S/C11H11BrN4O2/c1-6-15-10(18-16-6)5-14-11(17)8-4-7(12)2-3-9(8)13/h2-4H,5,13H2,1H3,(H,14,17). The molecule has 0 aliphatic heterocycles. The molecule has 1 aromatic carbocycles. The molecule has 0 bridgehead atoms. The minimum absolute atomic E-state index is 0.172. The topological polar surface area (TPSA) is 94.0 Å². The number of aromatic nitrogens is 2. The van der Waals surface area contributed by atoms with E-state index in [2.05, 4.69) is 31.4 Å². The number of halogens is 1. The summed E-state index contributed by atoms with van der Waals surface area (Å²) in [4.78, 5) is 15.9. The van der Waals surface area contributed by atoms with Crippen molar-refractivity contribution in [2.24, 2.45) is 0 Å². The van der Waals surface area contributed by atoms with E-state index in [1.807, 2.05) is 0 Å². The first-order chi connectivity index (χ1) is 8.56. The van der Waals surface area contributed by atoms with Gasteiger partial charge in [-0.3, -0.25) is 4.79 Å². The number of carbonyl (C=O) groups is 1. The molecule has 0 aliphatic rings. The number of benzene rings is 1. The predicted molar refractivity (Wildman–Crippen MR) is 68.8 cm³/mol. The molecule has 18 heavy (non-hydrogen) atoms. The molecule has 0 saturated carbocycles. The number of anilines is 1. The van der Waals surface area contributed by atoms with Crippen molar-refractivity contribution >= 4 is 27.5 Å². The maximum absolute atomic E-state index is 11.9. The van der Waals surface area contributed by atoms with Crippen molar-refractivity contribution in [3.05, 3.63) is 40.0 Å². The highest BCUT2D eigenvalue weighted by Gasteiger charge is 2.11. The van der Waals surface area contributed by atoms with Gasteiger partial charge < -0.3 is 15.6 Å². The number of nitrogen functional groups attached to an aromatic ring is 1. The lowest BCUT2D eigenvalue weighted by molar-refractivity contribution is 0.0947. The normalized spacial score (nSPS) is 10.3. The van der Waals surface area contributed by atoms with Crippen LogP contribution in [0.1, 0.15) is 22.1 Å². The van der Waals surface area contributed by atoms with E-state index < -0.39 is 0 Å². The predicted octanol–water partition coefficient (Wildman–Crippen LogP) is 1.65. The molecule has 3 N–H and O–H groups in total. The fourth-order valence-electron chi connectivity index (χ4n) is 1.39. The number of hydrogen-bond donors (Lipinski definition) is 2. The smallest absolute Gasteiger partial charge is 0.253 e. The van der Waals surface area contributed by atoms with E-state index in [-0.39, 0.29) is 12.5 Å². The molecule has 0 saturated heterocycles. The molecule has 1 aromatic heterocycles. The summed E-state index contributed by atoms with van der Waals surface area (Å²) in [7, 11) is 0. The molecule has 7 heteroatoms. The van der Waals surface area contributed by atoms with Gasteiger partial charge in [0, 0.05) is 10.2 Å². The SMILES string of the molecule is Cc1noc(CNC(=O)c2cc(Br)ccc2N)n1. The summed E-state index contributed by atoms with van der Waals surface area (Å²) in [6, 6.07) is 5.09. The average molecular weight is 311 g/mol. The lowest BCUT2D eigenvalue weighted by Crippen LogP contribution is -2.24. The molecule has 0 aliphatic carbocycles. The van der Waals surface area contributed by atoms with Crippen LogP contribution in [0.4, 0.5) is 5.69 Å². The van der Waals surface area contributed by atoms with Gasteiger partial charge in [-0.1, -0.05) is 21.1 Å². The molecular formula is C11H11BrN4O2. The van der Waals surface area contributed by atoms with E-state index in [9.17, 15) is 4.79 Å². The fourth-order valence-corrected chi connectivity index (χ4v) is 1.75. The molecule has 0 fully saturated rings. The van der Waals surface area contributed by atoms with Crippen molar-refractivity contribution in [2.45, 2.75) is 13.5 Å². The number of hydrogen-bond acceptors (Lipinski definition) is 5. The van der Waals surface area contributed by atoms with Crippen LogP contribution in [0.5, 0.6) is 0 Å². The third-order valence-electron chi connectivity index (χ3n) is 2.23. The molecule has 0 unspecified atom stereocenters. The number of aryl methyl sites for hydroxylation is 1. The Morgan fingerprint density at radius 3 is 3.00 bits per heavy atom. The molecule has 2 aromatic rings. The van der Waals surface area contributed by atoms with Gasteiger partial charge in [0.05, 0.1) is 12.1 Å². The number of carbonyl (C=O) groups excluding carboxylic acids is 1. The molecular weight excluding hydrogens is 300 g/mol. The Kier molecular flexibility index (Phi) is 3.61. The van der Waals surface area contributed by atoms with Gasteiger partial charge in [-0.05, 0) is 25.1 Å². The van der Waals surface area contributed by atoms with Crippen LogP contribution >= 0.6 is 15.9 Å². The maximum Gasteiger partial charge on any atom is 0.253 e. The highest BCUT2D eigenvalue weighted by molar-refractivity contribution is 9.10. The van der Waals surface area contributed by atoms with Crippen LogP contribution in [0.25, 0.3) is 0 Å². The van der Waals surface area contributed by atoms with E-state index in [4.69, 9.17) is 10.3 Å². The van der Waals surface area contributed by atoms with Crippen LogP contribution in [-0.4, -0.2) is 16.0 Å². The summed E-state index contributed by atoms with van der Waals surface area (Å²) in [5.41, 5.74) is 6.55. The summed E-state index contributed by atoms with van der Waals surface area (Å²) in [5.74, 6) is 0.597. The van der Waals surface area contributed by atoms with Crippen molar-refractivity contribution in [2.75, 3.05) is 5.73 Å². The average Bonchev–Trinajstić information content (AvgIpc) is 2.75. The van der Waals surface area contributed by atoms with Crippen LogP contribution in [0.15, 0.2) is 27.2 Å². The van der Waals surface area contributed by atoms with Gasteiger partial charge in [0.15, 0.2) is 5.82 Å². The van der Waals surface area contributed by atoms with Gasteiger partial charge in [0.2, 0.25) is 5.89 Å². The summed E-state index contributed by atoms with van der Waals surface area (Å²) in [6.07, 6.45) is 0. The molecule has 1 heterocycles. The number of nitrogens with two attached hydrogens (primary N) is 1. The summed E-state index contributed by atoms with van der Waals surface area (Å²) in [5, 5.41) is 6.29. The molecule has 0 atom stereocenters. The van der Waals surface area contributed by atoms with Gasteiger partial charge in [0.1, 0.15) is 0 Å². The van der Waals surface area contributed by atoms with Crippen LogP contribution in [0.3, 0.4) is 0 Å². The third kappa shape index (κ3) is 2.86. The third-order valence-corrected chi connectivity index (χ3v) is 2.72. The van der Waals surface area contributed by atoms with Crippen molar-refractivity contribution in [1.82, 2.24) is 15.5 Å². The van der Waals surface area contributed by atoms with Crippen LogP contribution in [0.2, 0.25) is 0 Å². The molecule has 6 nitrogen and oxygen atoms in total. The minimum atomic E-state index is -0.287. The monoisotopic (exact) mass is 310 g/mol. The Morgan fingerprint density at radius 1 is 1.56 bits per heavy atom. The highest BCUT2D eigenvalue weighted by atomic mass is 79.9. The van der Waals surface area contributed by atoms with Gasteiger partial charge in [-0.2, -0.15) is 4.98 Å². The van der Waals surface area contributed by atoms with E-state index in [1.165, 1.54) is 0 Å². The Bertz CT molecular complexity index is 582. The Hall–Kier alpha value is -1.89. The number of nitrogens with zero attached hydrogens (tertiary/aromatic N) is 2. The Labute approximate surface area is 112 Å². The lowest BCUT2D eigenvalue weighted by Gasteiger charge is -2.06. The fraction of sp³-hybridized carbons (Fsp3) is 0.182. The van der Waals surface area contributed by atoms with Crippen molar-refractivity contribution < 1.29 is 9.32 Å². The van der Waals surface area contributed by atoms with E-state index in [1.54, 1.807) is 25.1 Å². The molecule has 94 valence electrons. The second kappa shape index (κ2) is 5.18. The van der Waals surface area contributed by atoms with Gasteiger partial charge >= 0.3 is 0 Å². The van der Waals surface area contributed by atoms with Crippen LogP contribution < -0.4 is 11.1 Å². The zero-order chi connectivity index (χ0) is 13.1. The largest absolute Gasteiger partial charge is 0.398 e. The summed E-state index contributed by atoms with van der Waals surface area (Å²) in [6.45, 7) is 1.88. The Morgan fingerprint density at radius 2 is 2.33 bits per heavy atom. The van der Waals surface area contributed by atoms with Crippen LogP contribution in [-0.2, 0) is 6.54 Å². The second-order valence-electron chi connectivity index (χ2n) is 3.65. The molecule has 0 radical (unpaired) electrons. The lowest BCUT2D eigenvalue weighted by atomic mass is 10.1. The second-order valence-corrected chi connectivity index (χ2v) is 4.57. The number of rotatable bonds is 3. The van der Waals surface area contributed by atoms with Gasteiger partial charge in [-0.15, -0.1) is 0 Å². The van der Waals surface area contributed by atoms with Crippen LogP contribution in [0, 0.1) is 6.92 Å². The van der Waals surface area contributed by atoms with Gasteiger partial charge in [0.25, 0.3) is 5.91 Å². The van der Waals surface area contributed by atoms with E-state index in [0.29, 0.717) is 23.0 Å². The van der Waals surface area contributed by atoms with Gasteiger partial charge in [-0.25, -0.2) is 0 Å². The van der Waals surface area contributed by atoms with Crippen molar-refractivity contribution in [3.8, 4) is 0 Å². The zero-order valence-electron chi connectivity index (χ0n) is 9.61. The first-order valence-electron chi connectivity index (χ1n) is 5.18. The number of nitrogens with one attached hydrogen (secondary N) is 1. The highest BCUT2D eigenvalue weighted by Crippen LogP contribution is 2.18. The van der Waals surface area contributed by atoms with E-state index >= 15 is 0 Å². The quantitative estimate of drug-likeness (QED) is 0.841. The zero-order valence-corrected chi connectivity index (χ0v) is 11.2. The molecule has 1 amide bonds. The molecule has 0 spiro atoms.